The van der Waals surface area contributed by atoms with Crippen LogP contribution in [0.5, 0.6) is 0 Å². The monoisotopic (exact) mass is 250 g/mol. The van der Waals surface area contributed by atoms with E-state index in [2.05, 4.69) is 48.6 Å². The topological polar surface area (TPSA) is 15.3 Å². The number of halogens is 2. The lowest BCUT2D eigenvalue weighted by Gasteiger charge is -2.09. The van der Waals surface area contributed by atoms with Gasteiger partial charge in [-0.15, -0.1) is 24.8 Å². The molecule has 0 saturated carbocycles. The van der Waals surface area contributed by atoms with E-state index < -0.39 is 0 Å². The lowest BCUT2D eigenvalue weighted by atomic mass is 10.1. The molecule has 15 heavy (non-hydrogen) atoms. The van der Waals surface area contributed by atoms with Crippen LogP contribution in [0.3, 0.4) is 0 Å². The first-order chi connectivity index (χ1) is 6.22. The summed E-state index contributed by atoms with van der Waals surface area (Å²) in [5.74, 6) is 0. The van der Waals surface area contributed by atoms with Gasteiger partial charge in [-0.05, 0) is 32.3 Å². The summed E-state index contributed by atoms with van der Waals surface area (Å²) >= 11 is 0. The van der Waals surface area contributed by atoms with Gasteiger partial charge in [0.05, 0.1) is 0 Å². The quantitative estimate of drug-likeness (QED) is 0.883. The maximum absolute atomic E-state index is 3.13. The second-order valence-corrected chi connectivity index (χ2v) is 3.58. The van der Waals surface area contributed by atoms with Crippen molar-refractivity contribution in [2.75, 3.05) is 21.1 Å². The molecule has 0 radical (unpaired) electrons. The van der Waals surface area contributed by atoms with Crippen LogP contribution < -0.4 is 5.32 Å². The van der Waals surface area contributed by atoms with Gasteiger partial charge < -0.3 is 10.2 Å². The van der Waals surface area contributed by atoms with Crippen molar-refractivity contribution >= 4 is 24.8 Å². The van der Waals surface area contributed by atoms with Crippen molar-refractivity contribution in [3.05, 3.63) is 35.4 Å². The second-order valence-electron chi connectivity index (χ2n) is 3.58. The first-order valence-electron chi connectivity index (χ1n) is 4.59. The fraction of sp³-hybridized carbons (Fsp3) is 0.455. The van der Waals surface area contributed by atoms with Gasteiger partial charge in [0.15, 0.2) is 0 Å². The lowest BCUT2D eigenvalue weighted by molar-refractivity contribution is 0.402. The van der Waals surface area contributed by atoms with Crippen LogP contribution in [-0.4, -0.2) is 26.0 Å². The Morgan fingerprint density at radius 1 is 1.00 bits per heavy atom. The van der Waals surface area contributed by atoms with Gasteiger partial charge in [-0.3, -0.25) is 0 Å². The summed E-state index contributed by atoms with van der Waals surface area (Å²) in [5.41, 5.74) is 2.70. The molecular weight excluding hydrogens is 231 g/mol. The van der Waals surface area contributed by atoms with E-state index in [0.717, 1.165) is 13.1 Å². The Morgan fingerprint density at radius 2 is 1.47 bits per heavy atom. The SMILES string of the molecule is CNCc1ccc(CN(C)C)cc1.Cl.Cl. The molecule has 1 N–H and O–H groups in total. The molecule has 0 fully saturated rings. The molecule has 4 heteroatoms. The molecule has 0 amide bonds. The summed E-state index contributed by atoms with van der Waals surface area (Å²) in [7, 11) is 6.14. The smallest absolute Gasteiger partial charge is 0.0227 e. The van der Waals surface area contributed by atoms with Crippen LogP contribution >= 0.6 is 24.8 Å². The fourth-order valence-electron chi connectivity index (χ4n) is 1.33. The second kappa shape index (κ2) is 8.98. The molecule has 0 unspecified atom stereocenters. The van der Waals surface area contributed by atoms with E-state index in [0.29, 0.717) is 0 Å². The van der Waals surface area contributed by atoms with Gasteiger partial charge in [-0.1, -0.05) is 24.3 Å². The highest BCUT2D eigenvalue weighted by molar-refractivity contribution is 5.85. The zero-order valence-electron chi connectivity index (χ0n) is 9.49. The summed E-state index contributed by atoms with van der Waals surface area (Å²) in [4.78, 5) is 2.17. The molecule has 1 rings (SSSR count). The largest absolute Gasteiger partial charge is 0.316 e. The third-order valence-corrected chi connectivity index (χ3v) is 1.90. The van der Waals surface area contributed by atoms with E-state index in [1.807, 2.05) is 7.05 Å². The average molecular weight is 251 g/mol. The van der Waals surface area contributed by atoms with Crippen molar-refractivity contribution < 1.29 is 0 Å². The number of hydrogen-bond acceptors (Lipinski definition) is 2. The Morgan fingerprint density at radius 3 is 1.87 bits per heavy atom. The minimum Gasteiger partial charge on any atom is -0.316 e. The number of nitrogens with zero attached hydrogens (tertiary/aromatic N) is 1. The van der Waals surface area contributed by atoms with Gasteiger partial charge in [0.1, 0.15) is 0 Å². The molecule has 0 spiro atoms. The average Bonchev–Trinajstić information content (AvgIpc) is 2.08. The highest BCUT2D eigenvalue weighted by Gasteiger charge is 1.95. The van der Waals surface area contributed by atoms with Gasteiger partial charge >= 0.3 is 0 Å². The van der Waals surface area contributed by atoms with Crippen molar-refractivity contribution in [2.24, 2.45) is 0 Å². The van der Waals surface area contributed by atoms with Gasteiger partial charge in [-0.2, -0.15) is 0 Å². The number of benzene rings is 1. The first-order valence-corrected chi connectivity index (χ1v) is 4.59. The third-order valence-electron chi connectivity index (χ3n) is 1.90. The van der Waals surface area contributed by atoms with E-state index in [9.17, 15) is 0 Å². The van der Waals surface area contributed by atoms with Crippen molar-refractivity contribution in [3.63, 3.8) is 0 Å². The molecular formula is C11H20Cl2N2. The van der Waals surface area contributed by atoms with Crippen LogP contribution in [0.15, 0.2) is 24.3 Å². The number of hydrogen-bond donors (Lipinski definition) is 1. The van der Waals surface area contributed by atoms with Gasteiger partial charge in [0.25, 0.3) is 0 Å². The van der Waals surface area contributed by atoms with Gasteiger partial charge in [0.2, 0.25) is 0 Å². The molecule has 0 aliphatic rings. The molecule has 2 nitrogen and oxygen atoms in total. The zero-order chi connectivity index (χ0) is 9.68. The molecule has 88 valence electrons. The van der Waals surface area contributed by atoms with E-state index in [1.165, 1.54) is 11.1 Å². The highest BCUT2D eigenvalue weighted by atomic mass is 35.5. The van der Waals surface area contributed by atoms with E-state index >= 15 is 0 Å². The number of rotatable bonds is 4. The molecule has 0 aliphatic heterocycles. The Bertz CT molecular complexity index is 247. The predicted molar refractivity (Wildman–Crippen MR) is 71.1 cm³/mol. The van der Waals surface area contributed by atoms with Crippen molar-refractivity contribution in [2.45, 2.75) is 13.1 Å². The summed E-state index contributed by atoms with van der Waals surface area (Å²) in [6.07, 6.45) is 0. The molecule has 0 aromatic heterocycles. The Kier molecular flexibility index (Phi) is 10.3. The summed E-state index contributed by atoms with van der Waals surface area (Å²) < 4.78 is 0. The van der Waals surface area contributed by atoms with E-state index in [1.54, 1.807) is 0 Å². The Balaban J connectivity index is 0. The van der Waals surface area contributed by atoms with Crippen LogP contribution in [0.4, 0.5) is 0 Å². The molecule has 0 aliphatic carbocycles. The molecule has 0 saturated heterocycles. The summed E-state index contributed by atoms with van der Waals surface area (Å²) in [6.45, 7) is 1.96. The summed E-state index contributed by atoms with van der Waals surface area (Å²) in [5, 5.41) is 3.13. The minimum absolute atomic E-state index is 0. The van der Waals surface area contributed by atoms with Crippen molar-refractivity contribution in [1.82, 2.24) is 10.2 Å². The Hall–Kier alpha value is -0.280. The van der Waals surface area contributed by atoms with Crippen molar-refractivity contribution in [1.29, 1.82) is 0 Å². The number of nitrogens with one attached hydrogen (secondary N) is 1. The minimum atomic E-state index is 0. The molecule has 1 aromatic rings. The highest BCUT2D eigenvalue weighted by Crippen LogP contribution is 2.05. The molecule has 0 bridgehead atoms. The van der Waals surface area contributed by atoms with Crippen molar-refractivity contribution in [3.8, 4) is 0 Å². The predicted octanol–water partition coefficient (Wildman–Crippen LogP) is 2.31. The van der Waals surface area contributed by atoms with Gasteiger partial charge in [-0.25, -0.2) is 0 Å². The maximum Gasteiger partial charge on any atom is 0.0227 e. The normalized spacial score (nSPS) is 9.33. The van der Waals surface area contributed by atoms with Crippen LogP contribution in [0.1, 0.15) is 11.1 Å². The van der Waals surface area contributed by atoms with Gasteiger partial charge in [0, 0.05) is 13.1 Å². The first kappa shape index (κ1) is 17.1. The maximum atomic E-state index is 3.13. The van der Waals surface area contributed by atoms with Crippen LogP contribution in [-0.2, 0) is 13.1 Å². The zero-order valence-corrected chi connectivity index (χ0v) is 11.1. The molecule has 0 heterocycles. The molecule has 1 aromatic carbocycles. The van der Waals surface area contributed by atoms with E-state index in [-0.39, 0.29) is 24.8 Å². The Labute approximate surface area is 105 Å². The van der Waals surface area contributed by atoms with Crippen LogP contribution in [0.2, 0.25) is 0 Å². The van der Waals surface area contributed by atoms with Crippen LogP contribution in [0.25, 0.3) is 0 Å². The van der Waals surface area contributed by atoms with E-state index in [4.69, 9.17) is 0 Å². The summed E-state index contributed by atoms with van der Waals surface area (Å²) in [6, 6.07) is 8.73. The standard InChI is InChI=1S/C11H18N2.2ClH/c1-12-8-10-4-6-11(7-5-10)9-13(2)3;;/h4-7,12H,8-9H2,1-3H3;2*1H. The third kappa shape index (κ3) is 6.74. The lowest BCUT2D eigenvalue weighted by Crippen LogP contribution is -2.11. The fourth-order valence-corrected chi connectivity index (χ4v) is 1.33. The van der Waals surface area contributed by atoms with Crippen LogP contribution in [0, 0.1) is 0 Å². The molecule has 0 atom stereocenters.